The zero-order valence-electron chi connectivity index (χ0n) is 16.7. The third-order valence-corrected chi connectivity index (χ3v) is 5.73. The van der Waals surface area contributed by atoms with Crippen LogP contribution in [-0.4, -0.2) is 66.0 Å². The molecule has 7 nitrogen and oxygen atoms in total. The van der Waals surface area contributed by atoms with Crippen LogP contribution in [0.25, 0.3) is 0 Å². The Kier molecular flexibility index (Phi) is 8.21. The zero-order valence-corrected chi connectivity index (χ0v) is 16.7. The Morgan fingerprint density at radius 3 is 2.90 bits per heavy atom. The van der Waals surface area contributed by atoms with E-state index in [2.05, 4.69) is 0 Å². The largest absolute Gasteiger partial charge is 0.487 e. The topological polar surface area (TPSA) is 105 Å². The monoisotopic (exact) mass is 424 g/mol. The minimum atomic E-state index is -0.993. The molecule has 1 aromatic rings. The highest BCUT2D eigenvalue weighted by Gasteiger charge is 2.43. The summed E-state index contributed by atoms with van der Waals surface area (Å²) in [7, 11) is 0. The standard InChI is InChI=1S/C22H29FO7/c23-18-3-1-2-4-20(18)30-12-15(24)6-8-16-17-7-5-14(10-28-13-22(26)27)11-29-21(17)9-19(16)25/h1-4,6,8,14-17,19,21,24-25H,5,7,9-13H2,(H,26,27)/b8-6+/t14-,15-,16-,17-,19-,21+/m1/s1. The number of hydrogen-bond donors (Lipinski definition) is 3. The fourth-order valence-corrected chi connectivity index (χ4v) is 4.21. The average Bonchev–Trinajstić information content (AvgIpc) is 2.87. The van der Waals surface area contributed by atoms with Crippen molar-refractivity contribution in [3.05, 3.63) is 42.2 Å². The van der Waals surface area contributed by atoms with Crippen LogP contribution in [0.5, 0.6) is 5.75 Å². The fourth-order valence-electron chi connectivity index (χ4n) is 4.21. The molecular weight excluding hydrogens is 395 g/mol. The number of hydrogen-bond acceptors (Lipinski definition) is 6. The van der Waals surface area contributed by atoms with Gasteiger partial charge >= 0.3 is 5.97 Å². The number of rotatable bonds is 9. The first-order chi connectivity index (χ1) is 14.4. The highest BCUT2D eigenvalue weighted by molar-refractivity contribution is 5.67. The van der Waals surface area contributed by atoms with Crippen LogP contribution >= 0.6 is 0 Å². The maximum Gasteiger partial charge on any atom is 0.329 e. The quantitative estimate of drug-likeness (QED) is 0.521. The van der Waals surface area contributed by atoms with Gasteiger partial charge in [0.2, 0.25) is 0 Å². The summed E-state index contributed by atoms with van der Waals surface area (Å²) in [4.78, 5) is 10.6. The highest BCUT2D eigenvalue weighted by Crippen LogP contribution is 2.41. The van der Waals surface area contributed by atoms with E-state index in [4.69, 9.17) is 19.3 Å². The van der Waals surface area contributed by atoms with Crippen molar-refractivity contribution in [1.29, 1.82) is 0 Å². The van der Waals surface area contributed by atoms with Crippen LogP contribution in [0.2, 0.25) is 0 Å². The molecule has 0 radical (unpaired) electrons. The van der Waals surface area contributed by atoms with Gasteiger partial charge < -0.3 is 29.5 Å². The lowest BCUT2D eigenvalue weighted by Crippen LogP contribution is -2.22. The van der Waals surface area contributed by atoms with Gasteiger partial charge in [0.15, 0.2) is 11.6 Å². The lowest BCUT2D eigenvalue weighted by molar-refractivity contribution is -0.143. The molecule has 2 aliphatic rings. The van der Waals surface area contributed by atoms with Crippen LogP contribution in [0.15, 0.2) is 36.4 Å². The molecule has 166 valence electrons. The maximum absolute atomic E-state index is 13.6. The van der Waals surface area contributed by atoms with E-state index in [1.165, 1.54) is 12.1 Å². The van der Waals surface area contributed by atoms with Gasteiger partial charge in [-0.2, -0.15) is 0 Å². The number of aliphatic hydroxyl groups is 2. The number of fused-ring (bicyclic) bond motifs is 1. The molecule has 1 aromatic carbocycles. The second-order valence-electron chi connectivity index (χ2n) is 7.96. The van der Waals surface area contributed by atoms with E-state index in [0.717, 1.165) is 12.8 Å². The van der Waals surface area contributed by atoms with Crippen molar-refractivity contribution < 1.29 is 38.7 Å². The highest BCUT2D eigenvalue weighted by atomic mass is 19.1. The molecule has 3 rings (SSSR count). The van der Waals surface area contributed by atoms with Gasteiger partial charge in [0.25, 0.3) is 0 Å². The Bertz CT molecular complexity index is 725. The second kappa shape index (κ2) is 10.9. The molecule has 8 heteroatoms. The van der Waals surface area contributed by atoms with Crippen LogP contribution in [0, 0.1) is 23.6 Å². The zero-order chi connectivity index (χ0) is 21.5. The van der Waals surface area contributed by atoms with Crippen LogP contribution in [0.3, 0.4) is 0 Å². The lowest BCUT2D eigenvalue weighted by Gasteiger charge is -2.21. The van der Waals surface area contributed by atoms with Crippen molar-refractivity contribution in [2.24, 2.45) is 17.8 Å². The van der Waals surface area contributed by atoms with E-state index in [-0.39, 0.29) is 42.8 Å². The molecule has 0 aromatic heterocycles. The molecule has 0 bridgehead atoms. The van der Waals surface area contributed by atoms with Gasteiger partial charge in [0.05, 0.1) is 25.4 Å². The Labute approximate surface area is 175 Å². The van der Waals surface area contributed by atoms with Gasteiger partial charge in [-0.25, -0.2) is 9.18 Å². The van der Waals surface area contributed by atoms with Gasteiger partial charge in [-0.15, -0.1) is 0 Å². The van der Waals surface area contributed by atoms with Crippen molar-refractivity contribution in [2.45, 2.75) is 37.6 Å². The van der Waals surface area contributed by atoms with Crippen molar-refractivity contribution in [2.75, 3.05) is 26.4 Å². The number of aliphatic carboxylic acids is 1. The molecule has 1 saturated carbocycles. The number of benzene rings is 1. The predicted octanol–water partition coefficient (Wildman–Crippen LogP) is 2.02. The number of carboxylic acid groups (broad SMARTS) is 1. The predicted molar refractivity (Wildman–Crippen MR) is 106 cm³/mol. The van der Waals surface area contributed by atoms with E-state index in [9.17, 15) is 19.4 Å². The molecule has 1 aliphatic heterocycles. The maximum atomic E-state index is 13.6. The Hall–Kier alpha value is -2.00. The Morgan fingerprint density at radius 2 is 2.13 bits per heavy atom. The summed E-state index contributed by atoms with van der Waals surface area (Å²) >= 11 is 0. The molecule has 1 saturated heterocycles. The third-order valence-electron chi connectivity index (χ3n) is 5.73. The van der Waals surface area contributed by atoms with Crippen molar-refractivity contribution in [3.63, 3.8) is 0 Å². The summed E-state index contributed by atoms with van der Waals surface area (Å²) in [5.74, 6) is -1.32. The van der Waals surface area contributed by atoms with E-state index in [1.54, 1.807) is 24.3 Å². The lowest BCUT2D eigenvalue weighted by atomic mass is 9.87. The molecule has 0 spiro atoms. The molecule has 3 N–H and O–H groups in total. The van der Waals surface area contributed by atoms with Crippen LogP contribution < -0.4 is 4.74 Å². The Morgan fingerprint density at radius 1 is 1.33 bits per heavy atom. The van der Waals surface area contributed by atoms with Gasteiger partial charge in [0, 0.05) is 18.3 Å². The summed E-state index contributed by atoms with van der Waals surface area (Å²) in [6, 6.07) is 6.00. The summed E-state index contributed by atoms with van der Waals surface area (Å²) in [6.07, 6.45) is 3.97. The summed E-state index contributed by atoms with van der Waals surface area (Å²) < 4.78 is 30.1. The average molecular weight is 424 g/mol. The van der Waals surface area contributed by atoms with E-state index < -0.39 is 24.0 Å². The van der Waals surface area contributed by atoms with Crippen LogP contribution in [0.1, 0.15) is 19.3 Å². The molecule has 0 unspecified atom stereocenters. The van der Waals surface area contributed by atoms with Crippen molar-refractivity contribution >= 4 is 5.97 Å². The molecule has 1 heterocycles. The second-order valence-corrected chi connectivity index (χ2v) is 7.96. The number of aliphatic hydroxyl groups excluding tert-OH is 2. The van der Waals surface area contributed by atoms with Gasteiger partial charge in [-0.3, -0.25) is 0 Å². The summed E-state index contributed by atoms with van der Waals surface area (Å²) in [6.45, 7) is 0.401. The van der Waals surface area contributed by atoms with Gasteiger partial charge in [-0.05, 0) is 30.9 Å². The number of halogens is 1. The first-order valence-corrected chi connectivity index (χ1v) is 10.3. The third kappa shape index (κ3) is 6.25. The Balaban J connectivity index is 1.50. The minimum Gasteiger partial charge on any atom is -0.487 e. The van der Waals surface area contributed by atoms with Crippen molar-refractivity contribution in [3.8, 4) is 5.75 Å². The minimum absolute atomic E-state index is 0.0778. The molecule has 6 atom stereocenters. The summed E-state index contributed by atoms with van der Waals surface area (Å²) in [5, 5.41) is 29.3. The van der Waals surface area contributed by atoms with E-state index in [1.807, 2.05) is 0 Å². The smallest absolute Gasteiger partial charge is 0.329 e. The SMILES string of the molecule is O=C(O)COC[C@H]1CC[C@@H]2[C@@H](/C=C/[C@@H](O)COc3ccccc3F)[C@H](O)C[C@@H]2OC1. The number of carboxylic acids is 1. The first kappa shape index (κ1) is 22.7. The van der Waals surface area contributed by atoms with Crippen LogP contribution in [0.4, 0.5) is 4.39 Å². The number of carbonyl (C=O) groups is 1. The molecule has 30 heavy (non-hydrogen) atoms. The number of para-hydroxylation sites is 1. The number of ether oxygens (including phenoxy) is 3. The molecule has 0 amide bonds. The fraction of sp³-hybridized carbons (Fsp3) is 0.591. The van der Waals surface area contributed by atoms with E-state index >= 15 is 0 Å². The van der Waals surface area contributed by atoms with E-state index in [0.29, 0.717) is 19.6 Å². The van der Waals surface area contributed by atoms with Crippen LogP contribution in [-0.2, 0) is 14.3 Å². The normalized spacial score (nSPS) is 30.0. The van der Waals surface area contributed by atoms with Gasteiger partial charge in [0.1, 0.15) is 19.3 Å². The molecular formula is C22H29FO7. The molecule has 2 fully saturated rings. The van der Waals surface area contributed by atoms with Gasteiger partial charge in [-0.1, -0.05) is 24.3 Å². The van der Waals surface area contributed by atoms with Crippen molar-refractivity contribution in [1.82, 2.24) is 0 Å². The first-order valence-electron chi connectivity index (χ1n) is 10.3. The summed E-state index contributed by atoms with van der Waals surface area (Å²) in [5.41, 5.74) is 0. The molecule has 1 aliphatic carbocycles.